The van der Waals surface area contributed by atoms with E-state index in [0.29, 0.717) is 0 Å². The molecule has 1 rings (SSSR count). The number of carbonyl (C=O) groups is 1. The fraction of sp³-hybridized carbons (Fsp3) is 0.923. The molecule has 0 aromatic heterocycles. The Morgan fingerprint density at radius 3 is 1.93 bits per heavy atom. The van der Waals surface area contributed by atoms with E-state index in [9.17, 15) is 4.79 Å². The molecular formula is C13H25NO. The second kappa shape index (κ2) is 3.80. The summed E-state index contributed by atoms with van der Waals surface area (Å²) in [7, 11) is 0. The zero-order chi connectivity index (χ0) is 11.9. The molecule has 88 valence electrons. The van der Waals surface area contributed by atoms with E-state index in [1.54, 1.807) is 6.92 Å². The minimum absolute atomic E-state index is 0.0867. The molecule has 15 heavy (non-hydrogen) atoms. The van der Waals surface area contributed by atoms with Gasteiger partial charge in [0.05, 0.1) is 0 Å². The van der Waals surface area contributed by atoms with Crippen LogP contribution in [0.2, 0.25) is 0 Å². The zero-order valence-corrected chi connectivity index (χ0v) is 11.0. The lowest BCUT2D eigenvalue weighted by Crippen LogP contribution is -2.52. The van der Waals surface area contributed by atoms with Crippen molar-refractivity contribution in [2.75, 3.05) is 0 Å². The predicted octanol–water partition coefficient (Wildman–Crippen LogP) is 2.97. The first-order valence-corrected chi connectivity index (χ1v) is 5.93. The predicted molar refractivity (Wildman–Crippen MR) is 63.6 cm³/mol. The highest BCUT2D eigenvalue weighted by Crippen LogP contribution is 2.50. The Kier molecular flexibility index (Phi) is 3.18. The number of hydrogen-bond acceptors (Lipinski definition) is 1. The summed E-state index contributed by atoms with van der Waals surface area (Å²) < 4.78 is 0. The van der Waals surface area contributed by atoms with E-state index in [4.69, 9.17) is 0 Å². The van der Waals surface area contributed by atoms with Gasteiger partial charge in [-0.15, -0.1) is 0 Å². The van der Waals surface area contributed by atoms with Crippen LogP contribution in [0.1, 0.15) is 54.4 Å². The van der Waals surface area contributed by atoms with Gasteiger partial charge in [-0.1, -0.05) is 34.6 Å². The summed E-state index contributed by atoms with van der Waals surface area (Å²) in [6.07, 6.45) is 2.64. The van der Waals surface area contributed by atoms with Gasteiger partial charge in [0.25, 0.3) is 0 Å². The van der Waals surface area contributed by atoms with E-state index in [0.717, 1.165) is 5.92 Å². The lowest BCUT2D eigenvalue weighted by Gasteiger charge is -2.43. The van der Waals surface area contributed by atoms with Gasteiger partial charge in [0.2, 0.25) is 5.91 Å². The van der Waals surface area contributed by atoms with Crippen LogP contribution < -0.4 is 5.32 Å². The number of carbonyl (C=O) groups excluding carboxylic acids is 1. The first-order valence-electron chi connectivity index (χ1n) is 5.93. The van der Waals surface area contributed by atoms with Gasteiger partial charge in [-0.3, -0.25) is 4.79 Å². The Morgan fingerprint density at radius 2 is 1.67 bits per heavy atom. The third kappa shape index (κ3) is 2.96. The molecule has 0 bridgehead atoms. The molecule has 1 aliphatic rings. The quantitative estimate of drug-likeness (QED) is 0.764. The first-order chi connectivity index (χ1) is 6.65. The highest BCUT2D eigenvalue weighted by Gasteiger charge is 2.47. The molecule has 2 nitrogen and oxygen atoms in total. The SMILES string of the molecule is CC(=O)NC(C(C)(C)C)C(C)(C)C1CC1. The van der Waals surface area contributed by atoms with Crippen molar-refractivity contribution in [3.05, 3.63) is 0 Å². The van der Waals surface area contributed by atoms with Crippen LogP contribution >= 0.6 is 0 Å². The number of amides is 1. The molecule has 1 aliphatic carbocycles. The number of rotatable bonds is 3. The van der Waals surface area contributed by atoms with Crippen molar-refractivity contribution in [2.24, 2.45) is 16.7 Å². The van der Waals surface area contributed by atoms with Crippen LogP contribution in [0, 0.1) is 16.7 Å². The molecule has 0 aromatic rings. The van der Waals surface area contributed by atoms with E-state index in [2.05, 4.69) is 39.9 Å². The van der Waals surface area contributed by atoms with Crippen molar-refractivity contribution < 1.29 is 4.79 Å². The van der Waals surface area contributed by atoms with Crippen LogP contribution in [0.15, 0.2) is 0 Å². The summed E-state index contributed by atoms with van der Waals surface area (Å²) in [5, 5.41) is 3.14. The van der Waals surface area contributed by atoms with Crippen molar-refractivity contribution >= 4 is 5.91 Å². The van der Waals surface area contributed by atoms with Gasteiger partial charge in [0.1, 0.15) is 0 Å². The highest BCUT2D eigenvalue weighted by atomic mass is 16.1. The highest BCUT2D eigenvalue weighted by molar-refractivity contribution is 5.73. The Hall–Kier alpha value is -0.530. The van der Waals surface area contributed by atoms with Crippen LogP contribution in [-0.4, -0.2) is 11.9 Å². The zero-order valence-electron chi connectivity index (χ0n) is 11.0. The molecule has 1 saturated carbocycles. The average molecular weight is 211 g/mol. The third-order valence-electron chi connectivity index (χ3n) is 3.59. The normalized spacial score (nSPS) is 19.9. The maximum atomic E-state index is 11.3. The maximum Gasteiger partial charge on any atom is 0.217 e. The molecule has 0 spiro atoms. The lowest BCUT2D eigenvalue weighted by atomic mass is 9.68. The minimum Gasteiger partial charge on any atom is -0.353 e. The molecule has 1 unspecified atom stereocenters. The molecule has 0 heterocycles. The van der Waals surface area contributed by atoms with E-state index in [1.165, 1.54) is 12.8 Å². The number of hydrogen-bond donors (Lipinski definition) is 1. The molecule has 1 atom stereocenters. The lowest BCUT2D eigenvalue weighted by molar-refractivity contribution is -0.121. The molecule has 0 saturated heterocycles. The number of nitrogens with one attached hydrogen (secondary N) is 1. The van der Waals surface area contributed by atoms with E-state index in [-0.39, 0.29) is 22.8 Å². The Balaban J connectivity index is 2.84. The van der Waals surface area contributed by atoms with Crippen molar-refractivity contribution in [3.8, 4) is 0 Å². The third-order valence-corrected chi connectivity index (χ3v) is 3.59. The van der Waals surface area contributed by atoms with Crippen LogP contribution in [0.3, 0.4) is 0 Å². The summed E-state index contributed by atoms with van der Waals surface area (Å²) in [6.45, 7) is 12.8. The van der Waals surface area contributed by atoms with Crippen molar-refractivity contribution in [1.82, 2.24) is 5.32 Å². The molecule has 2 heteroatoms. The van der Waals surface area contributed by atoms with Crippen molar-refractivity contribution in [3.63, 3.8) is 0 Å². The summed E-state index contributed by atoms with van der Waals surface area (Å²) in [4.78, 5) is 11.3. The van der Waals surface area contributed by atoms with E-state index >= 15 is 0 Å². The average Bonchev–Trinajstić information content (AvgIpc) is 2.78. The molecule has 0 aromatic carbocycles. The fourth-order valence-electron chi connectivity index (χ4n) is 2.78. The Morgan fingerprint density at radius 1 is 1.20 bits per heavy atom. The molecule has 1 fully saturated rings. The van der Waals surface area contributed by atoms with Crippen LogP contribution in [0.25, 0.3) is 0 Å². The summed E-state index contributed by atoms with van der Waals surface area (Å²) in [5.41, 5.74) is 0.335. The van der Waals surface area contributed by atoms with Crippen LogP contribution in [0.4, 0.5) is 0 Å². The molecule has 1 N–H and O–H groups in total. The van der Waals surface area contributed by atoms with Gasteiger partial charge >= 0.3 is 0 Å². The smallest absolute Gasteiger partial charge is 0.217 e. The van der Waals surface area contributed by atoms with Gasteiger partial charge in [0.15, 0.2) is 0 Å². The first kappa shape index (κ1) is 12.5. The fourth-order valence-corrected chi connectivity index (χ4v) is 2.78. The van der Waals surface area contributed by atoms with Crippen LogP contribution in [0.5, 0.6) is 0 Å². The molecule has 1 amide bonds. The Bertz CT molecular complexity index is 246. The maximum absolute atomic E-state index is 11.3. The van der Waals surface area contributed by atoms with Gasteiger partial charge in [-0.25, -0.2) is 0 Å². The van der Waals surface area contributed by atoms with Crippen molar-refractivity contribution in [2.45, 2.75) is 60.4 Å². The largest absolute Gasteiger partial charge is 0.353 e. The van der Waals surface area contributed by atoms with Gasteiger partial charge in [0, 0.05) is 13.0 Å². The second-order valence-electron chi connectivity index (χ2n) is 6.60. The molecular weight excluding hydrogens is 186 g/mol. The standard InChI is InChI=1S/C13H25NO/c1-9(15)14-11(12(2,3)4)13(5,6)10-7-8-10/h10-11H,7-8H2,1-6H3,(H,14,15). The monoisotopic (exact) mass is 211 g/mol. The topological polar surface area (TPSA) is 29.1 Å². The van der Waals surface area contributed by atoms with E-state index < -0.39 is 0 Å². The van der Waals surface area contributed by atoms with Gasteiger partial charge < -0.3 is 5.32 Å². The molecule has 0 radical (unpaired) electrons. The van der Waals surface area contributed by atoms with Crippen LogP contribution in [-0.2, 0) is 4.79 Å². The Labute approximate surface area is 93.8 Å². The van der Waals surface area contributed by atoms with E-state index in [1.807, 2.05) is 0 Å². The molecule has 0 aliphatic heterocycles. The van der Waals surface area contributed by atoms with Crippen molar-refractivity contribution in [1.29, 1.82) is 0 Å². The minimum atomic E-state index is 0.0867. The van der Waals surface area contributed by atoms with Gasteiger partial charge in [-0.05, 0) is 29.6 Å². The summed E-state index contributed by atoms with van der Waals surface area (Å²) in [5.74, 6) is 0.872. The second-order valence-corrected chi connectivity index (χ2v) is 6.60. The van der Waals surface area contributed by atoms with Gasteiger partial charge in [-0.2, -0.15) is 0 Å². The summed E-state index contributed by atoms with van der Waals surface area (Å²) >= 11 is 0. The summed E-state index contributed by atoms with van der Waals surface area (Å²) in [6, 6.07) is 0.259.